The molecular formula is C16H10O9. The Morgan fingerprint density at radius 1 is 0.600 bits per heavy atom. The van der Waals surface area contributed by atoms with Crippen LogP contribution < -0.4 is 4.74 Å². The molecule has 0 radical (unpaired) electrons. The van der Waals surface area contributed by atoms with Crippen molar-refractivity contribution >= 4 is 23.9 Å². The summed E-state index contributed by atoms with van der Waals surface area (Å²) < 4.78 is 5.26. The predicted octanol–water partition coefficient (Wildman–Crippen LogP) is 2.27. The van der Waals surface area contributed by atoms with Crippen LogP contribution in [0.2, 0.25) is 0 Å². The van der Waals surface area contributed by atoms with Gasteiger partial charge in [0.05, 0.1) is 11.1 Å². The summed E-state index contributed by atoms with van der Waals surface area (Å²) in [6.45, 7) is 0. The SMILES string of the molecule is O=C(O)c1cccc(Oc2cccc(C(=O)O)c2C(=O)O)c1C(=O)O. The lowest BCUT2D eigenvalue weighted by atomic mass is 10.1. The van der Waals surface area contributed by atoms with Crippen LogP contribution >= 0.6 is 0 Å². The summed E-state index contributed by atoms with van der Waals surface area (Å²) in [5, 5.41) is 36.6. The number of hydrogen-bond donors (Lipinski definition) is 4. The number of ether oxygens (including phenoxy) is 1. The molecule has 0 amide bonds. The highest BCUT2D eigenvalue weighted by Crippen LogP contribution is 2.32. The highest BCUT2D eigenvalue weighted by atomic mass is 16.5. The molecule has 25 heavy (non-hydrogen) atoms. The second-order valence-corrected chi connectivity index (χ2v) is 4.68. The van der Waals surface area contributed by atoms with Gasteiger partial charge in [-0.25, -0.2) is 19.2 Å². The smallest absolute Gasteiger partial charge is 0.340 e. The molecule has 9 nitrogen and oxygen atoms in total. The van der Waals surface area contributed by atoms with E-state index >= 15 is 0 Å². The molecule has 0 atom stereocenters. The van der Waals surface area contributed by atoms with Crippen molar-refractivity contribution < 1.29 is 44.3 Å². The minimum Gasteiger partial charge on any atom is -0.478 e. The van der Waals surface area contributed by atoms with Gasteiger partial charge in [0, 0.05) is 0 Å². The monoisotopic (exact) mass is 346 g/mol. The fourth-order valence-corrected chi connectivity index (χ4v) is 2.15. The summed E-state index contributed by atoms with van der Waals surface area (Å²) in [5.74, 6) is -7.09. The highest BCUT2D eigenvalue weighted by Gasteiger charge is 2.25. The van der Waals surface area contributed by atoms with Gasteiger partial charge >= 0.3 is 23.9 Å². The van der Waals surface area contributed by atoms with Crippen LogP contribution in [-0.4, -0.2) is 44.3 Å². The zero-order chi connectivity index (χ0) is 18.7. The predicted molar refractivity (Wildman–Crippen MR) is 80.8 cm³/mol. The molecule has 0 aliphatic heterocycles. The van der Waals surface area contributed by atoms with Gasteiger partial charge < -0.3 is 25.2 Å². The van der Waals surface area contributed by atoms with Crippen LogP contribution in [0.25, 0.3) is 0 Å². The van der Waals surface area contributed by atoms with E-state index in [-0.39, 0.29) is 0 Å². The van der Waals surface area contributed by atoms with Crippen LogP contribution in [0, 0.1) is 0 Å². The van der Waals surface area contributed by atoms with E-state index in [1.807, 2.05) is 0 Å². The minimum absolute atomic E-state index is 0.433. The van der Waals surface area contributed by atoms with Gasteiger partial charge in [-0.1, -0.05) is 12.1 Å². The molecule has 0 aliphatic carbocycles. The summed E-state index contributed by atoms with van der Waals surface area (Å²) in [6, 6.07) is 6.79. The topological polar surface area (TPSA) is 158 Å². The van der Waals surface area contributed by atoms with Crippen LogP contribution in [-0.2, 0) is 0 Å². The number of carbonyl (C=O) groups is 4. The van der Waals surface area contributed by atoms with Crippen molar-refractivity contribution in [3.8, 4) is 11.5 Å². The Balaban J connectivity index is 2.66. The zero-order valence-electron chi connectivity index (χ0n) is 12.3. The Bertz CT molecular complexity index is 825. The lowest BCUT2D eigenvalue weighted by molar-refractivity contribution is 0.0645. The van der Waals surface area contributed by atoms with E-state index in [9.17, 15) is 29.4 Å². The number of aromatic carboxylic acids is 4. The van der Waals surface area contributed by atoms with Crippen LogP contribution in [0.15, 0.2) is 36.4 Å². The summed E-state index contributed by atoms with van der Waals surface area (Å²) in [5.41, 5.74) is -2.49. The average Bonchev–Trinajstić information content (AvgIpc) is 2.53. The first-order valence-electron chi connectivity index (χ1n) is 6.61. The molecule has 0 fully saturated rings. The molecule has 0 heterocycles. The largest absolute Gasteiger partial charge is 0.478 e. The van der Waals surface area contributed by atoms with E-state index in [1.54, 1.807) is 0 Å². The first-order chi connectivity index (χ1) is 11.7. The molecule has 2 aromatic carbocycles. The maximum absolute atomic E-state index is 11.4. The summed E-state index contributed by atoms with van der Waals surface area (Å²) in [4.78, 5) is 45.1. The molecule has 0 saturated heterocycles. The van der Waals surface area contributed by atoms with Crippen molar-refractivity contribution in [2.24, 2.45) is 0 Å². The van der Waals surface area contributed by atoms with Crippen molar-refractivity contribution in [1.29, 1.82) is 0 Å². The molecule has 2 rings (SSSR count). The zero-order valence-corrected chi connectivity index (χ0v) is 12.3. The van der Waals surface area contributed by atoms with E-state index in [0.29, 0.717) is 0 Å². The molecule has 9 heteroatoms. The fourth-order valence-electron chi connectivity index (χ4n) is 2.15. The van der Waals surface area contributed by atoms with Gasteiger partial charge in [-0.3, -0.25) is 0 Å². The Kier molecular flexibility index (Phi) is 4.69. The lowest BCUT2D eigenvalue weighted by Crippen LogP contribution is -2.12. The van der Waals surface area contributed by atoms with Crippen molar-refractivity contribution in [2.45, 2.75) is 0 Å². The van der Waals surface area contributed by atoms with Crippen LogP contribution in [0.4, 0.5) is 0 Å². The Hall–Kier alpha value is -3.88. The van der Waals surface area contributed by atoms with Gasteiger partial charge in [-0.15, -0.1) is 0 Å². The maximum Gasteiger partial charge on any atom is 0.340 e. The van der Waals surface area contributed by atoms with Gasteiger partial charge in [0.15, 0.2) is 0 Å². The third-order valence-electron chi connectivity index (χ3n) is 3.16. The number of carboxylic acid groups (broad SMARTS) is 4. The fraction of sp³-hybridized carbons (Fsp3) is 0. The molecule has 4 N–H and O–H groups in total. The van der Waals surface area contributed by atoms with Crippen molar-refractivity contribution in [3.05, 3.63) is 58.7 Å². The van der Waals surface area contributed by atoms with Crippen molar-refractivity contribution in [1.82, 2.24) is 0 Å². The van der Waals surface area contributed by atoms with E-state index in [1.165, 1.54) is 12.1 Å². The molecule has 0 spiro atoms. The molecule has 128 valence electrons. The molecule has 0 saturated carbocycles. The second-order valence-electron chi connectivity index (χ2n) is 4.68. The Labute approximate surface area is 139 Å². The number of benzene rings is 2. The van der Waals surface area contributed by atoms with Crippen molar-refractivity contribution in [3.63, 3.8) is 0 Å². The lowest BCUT2D eigenvalue weighted by Gasteiger charge is -2.13. The third-order valence-corrected chi connectivity index (χ3v) is 3.16. The third kappa shape index (κ3) is 3.39. The summed E-state index contributed by atoms with van der Waals surface area (Å²) in [6.07, 6.45) is 0. The standard InChI is InChI=1S/C16H10O9/c17-13(18)7-3-1-5-9(11(7)15(21)22)25-10-6-2-4-8(14(19)20)12(10)16(23)24/h1-6H,(H,17,18)(H,19,20)(H,21,22)(H,23,24). The molecule has 0 aliphatic rings. The number of carboxylic acids is 4. The highest BCUT2D eigenvalue weighted by molar-refractivity contribution is 6.05. The van der Waals surface area contributed by atoms with Crippen LogP contribution in [0.1, 0.15) is 41.4 Å². The minimum atomic E-state index is -1.60. The first kappa shape index (κ1) is 17.5. The Morgan fingerprint density at radius 3 is 1.24 bits per heavy atom. The molecule has 0 aromatic heterocycles. The quantitative estimate of drug-likeness (QED) is 0.615. The molecule has 2 aromatic rings. The second kappa shape index (κ2) is 6.71. The van der Waals surface area contributed by atoms with Gasteiger partial charge in [0.25, 0.3) is 0 Å². The summed E-state index contributed by atoms with van der Waals surface area (Å²) in [7, 11) is 0. The van der Waals surface area contributed by atoms with Crippen molar-refractivity contribution in [2.75, 3.05) is 0 Å². The van der Waals surface area contributed by atoms with Crippen LogP contribution in [0.5, 0.6) is 11.5 Å². The van der Waals surface area contributed by atoms with Gasteiger partial charge in [0.1, 0.15) is 22.6 Å². The first-order valence-corrected chi connectivity index (χ1v) is 6.61. The van der Waals surface area contributed by atoms with Gasteiger partial charge in [-0.2, -0.15) is 0 Å². The van der Waals surface area contributed by atoms with E-state index < -0.39 is 57.6 Å². The number of hydrogen-bond acceptors (Lipinski definition) is 5. The van der Waals surface area contributed by atoms with Crippen LogP contribution in [0.3, 0.4) is 0 Å². The van der Waals surface area contributed by atoms with Gasteiger partial charge in [-0.05, 0) is 24.3 Å². The maximum atomic E-state index is 11.4. The van der Waals surface area contributed by atoms with E-state index in [2.05, 4.69) is 0 Å². The molecule has 0 bridgehead atoms. The molecule has 0 unspecified atom stereocenters. The average molecular weight is 346 g/mol. The van der Waals surface area contributed by atoms with E-state index in [4.69, 9.17) is 14.9 Å². The molecular weight excluding hydrogens is 336 g/mol. The summed E-state index contributed by atoms with van der Waals surface area (Å²) >= 11 is 0. The van der Waals surface area contributed by atoms with Gasteiger partial charge in [0.2, 0.25) is 0 Å². The van der Waals surface area contributed by atoms with E-state index in [0.717, 1.165) is 24.3 Å². The number of rotatable bonds is 6. The Morgan fingerprint density at radius 2 is 0.960 bits per heavy atom. The normalized spacial score (nSPS) is 10.1.